The van der Waals surface area contributed by atoms with Crippen LogP contribution in [-0.4, -0.2) is 17.9 Å². The van der Waals surface area contributed by atoms with Crippen molar-refractivity contribution in [1.82, 2.24) is 0 Å². The second kappa shape index (κ2) is 9.19. The molecule has 0 saturated heterocycles. The second-order valence-electron chi connectivity index (χ2n) is 6.79. The number of para-hydroxylation sites is 1. The van der Waals surface area contributed by atoms with Crippen LogP contribution in [0.25, 0.3) is 11.0 Å². The van der Waals surface area contributed by atoms with Crippen molar-refractivity contribution in [3.8, 4) is 17.2 Å². The summed E-state index contributed by atoms with van der Waals surface area (Å²) < 4.78 is 21.2. The Hall–Kier alpha value is -4.72. The number of fused-ring (bicyclic) bond motifs is 1. The molecule has 0 aliphatic carbocycles. The fourth-order valence-electron chi connectivity index (χ4n) is 3.03. The summed E-state index contributed by atoms with van der Waals surface area (Å²) in [5.41, 5.74) is -0.864. The van der Waals surface area contributed by atoms with E-state index in [-0.39, 0.29) is 33.6 Å². The van der Waals surface area contributed by atoms with Crippen molar-refractivity contribution >= 4 is 28.9 Å². The first-order valence-corrected chi connectivity index (χ1v) is 9.76. The van der Waals surface area contributed by atoms with Crippen LogP contribution in [0, 0.1) is 0 Å². The minimum Gasteiger partial charge on any atom is -0.423 e. The molecule has 8 heteroatoms. The summed E-state index contributed by atoms with van der Waals surface area (Å²) in [6, 6.07) is 20.4. The Kier molecular flexibility index (Phi) is 5.99. The predicted octanol–water partition coefficient (Wildman–Crippen LogP) is 4.16. The predicted molar refractivity (Wildman–Crippen MR) is 117 cm³/mol. The number of hydrogen-bond donors (Lipinski definition) is 0. The van der Waals surface area contributed by atoms with Crippen LogP contribution in [0.2, 0.25) is 0 Å². The van der Waals surface area contributed by atoms with Crippen LogP contribution in [0.5, 0.6) is 17.2 Å². The summed E-state index contributed by atoms with van der Waals surface area (Å²) in [6.07, 6.45) is 0. The van der Waals surface area contributed by atoms with E-state index < -0.39 is 29.3 Å². The number of ether oxygens (including phenoxy) is 3. The van der Waals surface area contributed by atoms with Crippen molar-refractivity contribution in [1.29, 1.82) is 0 Å². The maximum Gasteiger partial charge on any atom is 0.383 e. The van der Waals surface area contributed by atoms with Gasteiger partial charge in [0.1, 0.15) is 0 Å². The first-order chi connectivity index (χ1) is 15.9. The number of benzene rings is 3. The average molecular weight is 444 g/mol. The number of rotatable bonds is 5. The highest BCUT2D eigenvalue weighted by Gasteiger charge is 2.25. The van der Waals surface area contributed by atoms with Gasteiger partial charge in [0, 0.05) is 6.92 Å². The van der Waals surface area contributed by atoms with Crippen molar-refractivity contribution in [2.75, 3.05) is 0 Å². The minimum absolute atomic E-state index is 0.0601. The van der Waals surface area contributed by atoms with E-state index in [2.05, 4.69) is 0 Å². The van der Waals surface area contributed by atoms with Gasteiger partial charge in [0.25, 0.3) is 5.75 Å². The third-order valence-corrected chi connectivity index (χ3v) is 4.47. The van der Waals surface area contributed by atoms with Crippen LogP contribution in [0.3, 0.4) is 0 Å². The smallest absolute Gasteiger partial charge is 0.383 e. The number of hydrogen-bond acceptors (Lipinski definition) is 8. The third-order valence-electron chi connectivity index (χ3n) is 4.47. The van der Waals surface area contributed by atoms with Crippen molar-refractivity contribution in [2.45, 2.75) is 6.92 Å². The Labute approximate surface area is 186 Å². The van der Waals surface area contributed by atoms with Gasteiger partial charge in [-0.05, 0) is 36.4 Å². The summed E-state index contributed by atoms with van der Waals surface area (Å²) in [6.45, 7) is 1.18. The zero-order valence-corrected chi connectivity index (χ0v) is 17.3. The molecule has 0 fully saturated rings. The number of esters is 3. The highest BCUT2D eigenvalue weighted by Crippen LogP contribution is 2.37. The molecule has 0 aliphatic heterocycles. The molecule has 4 rings (SSSR count). The molecular formula is C25H16O8. The monoisotopic (exact) mass is 444 g/mol. The molecule has 0 aliphatic rings. The van der Waals surface area contributed by atoms with Gasteiger partial charge in [-0.3, -0.25) is 4.79 Å². The molecule has 1 heterocycles. The van der Waals surface area contributed by atoms with Crippen molar-refractivity contribution in [3.05, 3.63) is 100 Å². The fraction of sp³-hybridized carbons (Fsp3) is 0.0400. The summed E-state index contributed by atoms with van der Waals surface area (Å²) in [7, 11) is 0. The van der Waals surface area contributed by atoms with Crippen LogP contribution in [0.15, 0.2) is 88.1 Å². The van der Waals surface area contributed by atoms with Gasteiger partial charge in [0.05, 0.1) is 16.5 Å². The first-order valence-electron chi connectivity index (χ1n) is 9.76. The van der Waals surface area contributed by atoms with Gasteiger partial charge in [0.2, 0.25) is 0 Å². The van der Waals surface area contributed by atoms with Crippen LogP contribution in [0.4, 0.5) is 0 Å². The first kappa shape index (κ1) is 21.5. The Morgan fingerprint density at radius 1 is 0.667 bits per heavy atom. The molecule has 0 saturated carbocycles. The van der Waals surface area contributed by atoms with E-state index in [1.54, 1.807) is 36.4 Å². The molecule has 164 valence electrons. The maximum atomic E-state index is 12.8. The summed E-state index contributed by atoms with van der Waals surface area (Å²) in [4.78, 5) is 49.6. The van der Waals surface area contributed by atoms with Gasteiger partial charge in [-0.25, -0.2) is 14.4 Å². The summed E-state index contributed by atoms with van der Waals surface area (Å²) in [5.74, 6) is -3.30. The van der Waals surface area contributed by atoms with Gasteiger partial charge >= 0.3 is 23.5 Å². The zero-order valence-electron chi connectivity index (χ0n) is 17.3. The molecule has 8 nitrogen and oxygen atoms in total. The maximum absolute atomic E-state index is 12.8. The molecule has 0 amide bonds. The normalized spacial score (nSPS) is 10.5. The molecule has 0 atom stereocenters. The molecule has 0 N–H and O–H groups in total. The SMILES string of the molecule is CC(=O)Oc1cccc2c(OC(=O)c3ccccc3)c(OC(=O)c3ccccc3)c(=O)oc12. The standard InChI is InChI=1S/C25H16O8/c1-15(26)30-19-14-8-13-18-20(19)31-25(29)22(33-24(28)17-11-6-3-7-12-17)21(18)32-23(27)16-9-4-2-5-10-16/h2-14H,1H3. The Morgan fingerprint density at radius 2 is 1.21 bits per heavy atom. The Bertz CT molecular complexity index is 1410. The Morgan fingerprint density at radius 3 is 1.76 bits per heavy atom. The van der Waals surface area contributed by atoms with Gasteiger partial charge in [-0.1, -0.05) is 42.5 Å². The van der Waals surface area contributed by atoms with Crippen LogP contribution >= 0.6 is 0 Å². The van der Waals surface area contributed by atoms with Crippen LogP contribution in [-0.2, 0) is 4.79 Å². The van der Waals surface area contributed by atoms with Crippen LogP contribution in [0.1, 0.15) is 27.6 Å². The lowest BCUT2D eigenvalue weighted by Crippen LogP contribution is -2.18. The van der Waals surface area contributed by atoms with Crippen molar-refractivity contribution in [3.63, 3.8) is 0 Å². The molecular weight excluding hydrogens is 428 g/mol. The molecule has 3 aromatic carbocycles. The summed E-state index contributed by atoms with van der Waals surface area (Å²) in [5, 5.41) is 0.0912. The lowest BCUT2D eigenvalue weighted by atomic mass is 10.2. The van der Waals surface area contributed by atoms with Gasteiger partial charge in [0.15, 0.2) is 17.1 Å². The van der Waals surface area contributed by atoms with E-state index >= 15 is 0 Å². The van der Waals surface area contributed by atoms with E-state index in [0.717, 1.165) is 0 Å². The lowest BCUT2D eigenvalue weighted by molar-refractivity contribution is -0.131. The van der Waals surface area contributed by atoms with Gasteiger partial charge in [-0.15, -0.1) is 0 Å². The third kappa shape index (κ3) is 4.64. The molecule has 1 aromatic heterocycles. The lowest BCUT2D eigenvalue weighted by Gasteiger charge is -2.13. The van der Waals surface area contributed by atoms with Crippen LogP contribution < -0.4 is 19.8 Å². The van der Waals surface area contributed by atoms with E-state index in [0.29, 0.717) is 0 Å². The van der Waals surface area contributed by atoms with E-state index in [4.69, 9.17) is 18.6 Å². The highest BCUT2D eigenvalue weighted by molar-refractivity contribution is 5.98. The highest BCUT2D eigenvalue weighted by atomic mass is 16.6. The quantitative estimate of drug-likeness (QED) is 0.256. The molecule has 0 unspecified atom stereocenters. The van der Waals surface area contributed by atoms with E-state index in [9.17, 15) is 19.2 Å². The molecule has 33 heavy (non-hydrogen) atoms. The van der Waals surface area contributed by atoms with Crippen molar-refractivity contribution in [2.24, 2.45) is 0 Å². The molecule has 0 spiro atoms. The topological polar surface area (TPSA) is 109 Å². The minimum atomic E-state index is -1.10. The largest absolute Gasteiger partial charge is 0.423 e. The fourth-order valence-corrected chi connectivity index (χ4v) is 3.03. The number of carbonyl (C=O) groups excluding carboxylic acids is 3. The molecule has 0 radical (unpaired) electrons. The van der Waals surface area contributed by atoms with Crippen molar-refractivity contribution < 1.29 is 33.0 Å². The molecule has 4 aromatic rings. The average Bonchev–Trinajstić information content (AvgIpc) is 2.82. The zero-order chi connectivity index (χ0) is 23.4. The van der Waals surface area contributed by atoms with E-state index in [1.165, 1.54) is 49.4 Å². The Balaban J connectivity index is 1.86. The molecule has 0 bridgehead atoms. The number of carbonyl (C=O) groups is 3. The summed E-state index contributed by atoms with van der Waals surface area (Å²) >= 11 is 0. The van der Waals surface area contributed by atoms with Gasteiger partial charge in [-0.2, -0.15) is 0 Å². The van der Waals surface area contributed by atoms with Gasteiger partial charge < -0.3 is 18.6 Å². The van der Waals surface area contributed by atoms with E-state index in [1.807, 2.05) is 0 Å². The second-order valence-corrected chi connectivity index (χ2v) is 6.79.